The van der Waals surface area contributed by atoms with E-state index < -0.39 is 11.9 Å². The highest BCUT2D eigenvalue weighted by molar-refractivity contribution is 9.10. The van der Waals surface area contributed by atoms with Crippen LogP contribution in [0.25, 0.3) is 0 Å². The molecule has 1 atom stereocenters. The number of rotatable bonds is 4. The summed E-state index contributed by atoms with van der Waals surface area (Å²) in [7, 11) is 0. The van der Waals surface area contributed by atoms with E-state index in [0.717, 1.165) is 11.3 Å². The molecule has 5 heteroatoms. The van der Waals surface area contributed by atoms with E-state index in [-0.39, 0.29) is 5.02 Å². The van der Waals surface area contributed by atoms with Crippen LogP contribution in [0.1, 0.15) is 24.1 Å². The molecular weight excluding hydrogens is 361 g/mol. The topological polar surface area (TPSA) is 26.0 Å². The molecular formula is C15H14BrClFNS. The second-order valence-electron chi connectivity index (χ2n) is 4.24. The Hall–Kier alpha value is -0.550. The van der Waals surface area contributed by atoms with Crippen molar-refractivity contribution >= 4 is 39.3 Å². The maximum Gasteiger partial charge on any atom is 0.148 e. The molecule has 0 bridgehead atoms. The van der Waals surface area contributed by atoms with Crippen LogP contribution < -0.4 is 5.73 Å². The lowest BCUT2D eigenvalue weighted by molar-refractivity contribution is 0.599. The van der Waals surface area contributed by atoms with Crippen LogP contribution in [0.3, 0.4) is 0 Å². The van der Waals surface area contributed by atoms with Crippen LogP contribution in [0, 0.1) is 5.82 Å². The molecule has 0 aliphatic carbocycles. The Morgan fingerprint density at radius 3 is 2.50 bits per heavy atom. The average Bonchev–Trinajstić information content (AvgIpc) is 2.45. The van der Waals surface area contributed by atoms with Crippen molar-refractivity contribution < 1.29 is 4.39 Å². The van der Waals surface area contributed by atoms with Gasteiger partial charge in [0.25, 0.3) is 0 Å². The lowest BCUT2D eigenvalue weighted by Gasteiger charge is -2.15. The predicted molar refractivity (Wildman–Crippen MR) is 88.0 cm³/mol. The molecule has 2 N–H and O–H groups in total. The fourth-order valence-corrected chi connectivity index (χ4v) is 3.04. The summed E-state index contributed by atoms with van der Waals surface area (Å²) >= 11 is 10.9. The molecule has 0 aromatic heterocycles. The molecule has 0 fully saturated rings. The summed E-state index contributed by atoms with van der Waals surface area (Å²) in [6.45, 7) is 2.10. The van der Waals surface area contributed by atoms with Crippen LogP contribution in [-0.4, -0.2) is 5.75 Å². The third-order valence-corrected chi connectivity index (χ3v) is 5.10. The SMILES string of the molecule is CCSc1ccc(C(N)c2ccc(Br)c(Cl)c2F)cc1. The van der Waals surface area contributed by atoms with Gasteiger partial charge in [-0.1, -0.05) is 36.7 Å². The van der Waals surface area contributed by atoms with Gasteiger partial charge in [0, 0.05) is 14.9 Å². The minimum Gasteiger partial charge on any atom is -0.320 e. The Bertz CT molecular complexity index is 604. The zero-order valence-corrected chi connectivity index (χ0v) is 14.0. The largest absolute Gasteiger partial charge is 0.320 e. The molecule has 1 nitrogen and oxygen atoms in total. The number of benzene rings is 2. The molecule has 0 aliphatic heterocycles. The molecule has 0 aliphatic rings. The Morgan fingerprint density at radius 1 is 1.25 bits per heavy atom. The van der Waals surface area contributed by atoms with Gasteiger partial charge in [0.1, 0.15) is 5.82 Å². The highest BCUT2D eigenvalue weighted by Gasteiger charge is 2.17. The van der Waals surface area contributed by atoms with E-state index in [0.29, 0.717) is 10.0 Å². The van der Waals surface area contributed by atoms with E-state index in [1.54, 1.807) is 23.9 Å². The average molecular weight is 375 g/mol. The molecule has 1 unspecified atom stereocenters. The van der Waals surface area contributed by atoms with Crippen molar-refractivity contribution in [2.24, 2.45) is 5.73 Å². The van der Waals surface area contributed by atoms with Gasteiger partial charge < -0.3 is 5.73 Å². The van der Waals surface area contributed by atoms with Gasteiger partial charge in [0.05, 0.1) is 11.1 Å². The van der Waals surface area contributed by atoms with Gasteiger partial charge >= 0.3 is 0 Å². The van der Waals surface area contributed by atoms with Crippen molar-refractivity contribution in [1.29, 1.82) is 0 Å². The minimum absolute atomic E-state index is 0.0658. The van der Waals surface area contributed by atoms with Gasteiger partial charge in [-0.3, -0.25) is 0 Å². The van der Waals surface area contributed by atoms with Gasteiger partial charge in [-0.15, -0.1) is 11.8 Å². The molecule has 0 amide bonds. The highest BCUT2D eigenvalue weighted by atomic mass is 79.9. The van der Waals surface area contributed by atoms with Crippen molar-refractivity contribution in [2.45, 2.75) is 17.9 Å². The van der Waals surface area contributed by atoms with Crippen molar-refractivity contribution in [3.63, 3.8) is 0 Å². The molecule has 0 heterocycles. The summed E-state index contributed by atoms with van der Waals surface area (Å²) in [6.07, 6.45) is 0. The monoisotopic (exact) mass is 373 g/mol. The van der Waals surface area contributed by atoms with E-state index in [1.807, 2.05) is 24.3 Å². The van der Waals surface area contributed by atoms with Crippen LogP contribution in [0.15, 0.2) is 45.8 Å². The van der Waals surface area contributed by atoms with Crippen LogP contribution in [0.5, 0.6) is 0 Å². The molecule has 2 rings (SSSR count). The summed E-state index contributed by atoms with van der Waals surface area (Å²) in [4.78, 5) is 1.18. The molecule has 0 radical (unpaired) electrons. The first-order valence-corrected chi connectivity index (χ1v) is 8.32. The maximum atomic E-state index is 14.2. The zero-order chi connectivity index (χ0) is 14.7. The molecule has 20 heavy (non-hydrogen) atoms. The van der Waals surface area contributed by atoms with Crippen molar-refractivity contribution in [2.75, 3.05) is 5.75 Å². The van der Waals surface area contributed by atoms with Gasteiger partial charge in [-0.05, 0) is 45.4 Å². The Labute approximate surface area is 135 Å². The van der Waals surface area contributed by atoms with Gasteiger partial charge in [0.15, 0.2) is 0 Å². The summed E-state index contributed by atoms with van der Waals surface area (Å²) < 4.78 is 14.7. The normalized spacial score (nSPS) is 12.4. The fraction of sp³-hybridized carbons (Fsp3) is 0.200. The zero-order valence-electron chi connectivity index (χ0n) is 10.9. The summed E-state index contributed by atoms with van der Waals surface area (Å²) in [5.41, 5.74) is 7.40. The standard InChI is InChI=1S/C15H14BrClFNS/c1-2-20-10-5-3-9(4-6-10)15(19)11-7-8-12(16)13(17)14(11)18/h3-8,15H,2,19H2,1H3. The summed E-state index contributed by atoms with van der Waals surface area (Å²) in [5.74, 6) is 0.545. The summed E-state index contributed by atoms with van der Waals surface area (Å²) in [6, 6.07) is 10.7. The molecule has 106 valence electrons. The summed E-state index contributed by atoms with van der Waals surface area (Å²) in [5, 5.41) is 0.0658. The van der Waals surface area contributed by atoms with Crippen molar-refractivity contribution in [1.82, 2.24) is 0 Å². The van der Waals surface area contributed by atoms with Crippen LogP contribution >= 0.6 is 39.3 Å². The third-order valence-electron chi connectivity index (χ3n) is 2.95. The molecule has 2 aromatic rings. The van der Waals surface area contributed by atoms with E-state index in [4.69, 9.17) is 17.3 Å². The van der Waals surface area contributed by atoms with E-state index in [9.17, 15) is 4.39 Å². The Morgan fingerprint density at radius 2 is 1.90 bits per heavy atom. The van der Waals surface area contributed by atoms with Gasteiger partial charge in [-0.2, -0.15) is 0 Å². The number of nitrogens with two attached hydrogens (primary N) is 1. The Balaban J connectivity index is 2.31. The Kier molecular flexibility index (Phi) is 5.49. The molecule has 0 saturated carbocycles. The van der Waals surface area contributed by atoms with Crippen molar-refractivity contribution in [3.05, 3.63) is 62.8 Å². The maximum absolute atomic E-state index is 14.2. The lowest BCUT2D eigenvalue weighted by Crippen LogP contribution is -2.13. The highest BCUT2D eigenvalue weighted by Crippen LogP contribution is 2.32. The third kappa shape index (κ3) is 3.37. The number of hydrogen-bond donors (Lipinski definition) is 1. The smallest absolute Gasteiger partial charge is 0.148 e. The van der Waals surface area contributed by atoms with Crippen LogP contribution in [0.4, 0.5) is 4.39 Å². The van der Waals surface area contributed by atoms with Crippen molar-refractivity contribution in [3.8, 4) is 0 Å². The fourth-order valence-electron chi connectivity index (χ4n) is 1.90. The van der Waals surface area contributed by atoms with E-state index >= 15 is 0 Å². The minimum atomic E-state index is -0.527. The first kappa shape index (κ1) is 15.8. The second-order valence-corrected chi connectivity index (χ2v) is 6.81. The molecule has 2 aromatic carbocycles. The van der Waals surface area contributed by atoms with E-state index in [1.165, 1.54) is 4.90 Å². The second kappa shape index (κ2) is 6.94. The van der Waals surface area contributed by atoms with Gasteiger partial charge in [0.2, 0.25) is 0 Å². The predicted octanol–water partition coefficient (Wildman–Crippen LogP) is 5.40. The van der Waals surface area contributed by atoms with Crippen LogP contribution in [-0.2, 0) is 0 Å². The first-order chi connectivity index (χ1) is 9.54. The number of hydrogen-bond acceptors (Lipinski definition) is 2. The quantitative estimate of drug-likeness (QED) is 0.572. The number of halogens is 3. The first-order valence-electron chi connectivity index (χ1n) is 6.16. The lowest BCUT2D eigenvalue weighted by atomic mass is 9.99. The molecule has 0 saturated heterocycles. The van der Waals surface area contributed by atoms with Crippen LogP contribution in [0.2, 0.25) is 5.02 Å². The van der Waals surface area contributed by atoms with E-state index in [2.05, 4.69) is 22.9 Å². The van der Waals surface area contributed by atoms with Gasteiger partial charge in [-0.25, -0.2) is 4.39 Å². The molecule has 0 spiro atoms. The number of thioether (sulfide) groups is 1.